The number of ether oxygens (including phenoxy) is 3. The lowest BCUT2D eigenvalue weighted by Crippen LogP contribution is -2.26. The Morgan fingerprint density at radius 2 is 1.48 bits per heavy atom. The standard InChI is InChI=1S/C24H27NO6/c1-19(26)14-15-22(31-24(28)30-18-21-11-6-3-7-12-21)13-8-16-25-23(27)29-17-20-9-4-2-5-10-20/h2-7,9-12,14-15,22H,8,13,16-18H2,1H3,(H,25,27)/b15-14+. The van der Waals surface area contributed by atoms with Crippen molar-refractivity contribution in [3.63, 3.8) is 0 Å². The number of ketones is 1. The quantitative estimate of drug-likeness (QED) is 0.322. The molecule has 1 atom stereocenters. The SMILES string of the molecule is CC(=O)/C=C/C(CCCNC(=O)OCc1ccccc1)OC(=O)OCc1ccccc1. The fourth-order valence-electron chi connectivity index (χ4n) is 2.58. The molecule has 0 saturated heterocycles. The minimum atomic E-state index is -0.822. The number of nitrogens with one attached hydrogen (secondary N) is 1. The first-order valence-corrected chi connectivity index (χ1v) is 10.0. The molecule has 0 spiro atoms. The van der Waals surface area contributed by atoms with E-state index < -0.39 is 18.4 Å². The summed E-state index contributed by atoms with van der Waals surface area (Å²) in [6.45, 7) is 2.02. The fraction of sp³-hybridized carbons (Fsp3) is 0.292. The van der Waals surface area contributed by atoms with Crippen LogP contribution in [0.15, 0.2) is 72.8 Å². The second-order valence-corrected chi connectivity index (χ2v) is 6.78. The molecule has 1 unspecified atom stereocenters. The van der Waals surface area contributed by atoms with Gasteiger partial charge in [0.15, 0.2) is 5.78 Å². The number of carbonyl (C=O) groups is 3. The molecular formula is C24H27NO6. The molecule has 2 aromatic carbocycles. The molecule has 0 bridgehead atoms. The Balaban J connectivity index is 1.71. The van der Waals surface area contributed by atoms with Crippen LogP contribution in [-0.4, -0.2) is 30.7 Å². The molecule has 164 valence electrons. The van der Waals surface area contributed by atoms with Crippen molar-refractivity contribution in [1.82, 2.24) is 5.32 Å². The molecule has 0 aliphatic carbocycles. The van der Waals surface area contributed by atoms with E-state index in [4.69, 9.17) is 14.2 Å². The van der Waals surface area contributed by atoms with Crippen LogP contribution in [-0.2, 0) is 32.2 Å². The van der Waals surface area contributed by atoms with Crippen LogP contribution in [0.25, 0.3) is 0 Å². The summed E-state index contributed by atoms with van der Waals surface area (Å²) in [6.07, 6.45) is 1.79. The minimum Gasteiger partial charge on any atom is -0.445 e. The molecule has 0 saturated carbocycles. The van der Waals surface area contributed by atoms with Crippen molar-refractivity contribution in [3.8, 4) is 0 Å². The van der Waals surface area contributed by atoms with E-state index in [9.17, 15) is 14.4 Å². The van der Waals surface area contributed by atoms with Gasteiger partial charge in [-0.3, -0.25) is 4.79 Å². The van der Waals surface area contributed by atoms with Crippen LogP contribution in [0.5, 0.6) is 0 Å². The second kappa shape index (κ2) is 13.6. The first-order chi connectivity index (χ1) is 15.0. The highest BCUT2D eigenvalue weighted by molar-refractivity contribution is 5.87. The Kier molecular flexibility index (Phi) is 10.4. The number of hydrogen-bond donors (Lipinski definition) is 1. The van der Waals surface area contributed by atoms with Gasteiger partial charge < -0.3 is 19.5 Å². The number of amides is 1. The van der Waals surface area contributed by atoms with Crippen LogP contribution >= 0.6 is 0 Å². The van der Waals surface area contributed by atoms with Gasteiger partial charge in [-0.25, -0.2) is 9.59 Å². The van der Waals surface area contributed by atoms with Crippen molar-refractivity contribution in [3.05, 3.63) is 83.9 Å². The van der Waals surface area contributed by atoms with Gasteiger partial charge in [-0.1, -0.05) is 60.7 Å². The van der Waals surface area contributed by atoms with Gasteiger partial charge in [-0.15, -0.1) is 0 Å². The molecule has 0 aromatic heterocycles. The smallest absolute Gasteiger partial charge is 0.445 e. The molecule has 7 nitrogen and oxygen atoms in total. The zero-order valence-corrected chi connectivity index (χ0v) is 17.5. The third kappa shape index (κ3) is 10.7. The molecule has 0 fully saturated rings. The number of carbonyl (C=O) groups excluding carboxylic acids is 3. The number of allylic oxidation sites excluding steroid dienone is 1. The number of rotatable bonds is 11. The van der Waals surface area contributed by atoms with Crippen molar-refractivity contribution >= 4 is 18.0 Å². The normalized spacial score (nSPS) is 11.5. The summed E-state index contributed by atoms with van der Waals surface area (Å²) < 4.78 is 15.5. The molecule has 7 heteroatoms. The topological polar surface area (TPSA) is 90.9 Å². The highest BCUT2D eigenvalue weighted by Crippen LogP contribution is 2.08. The molecule has 2 aromatic rings. The zero-order chi connectivity index (χ0) is 22.3. The molecule has 1 N–H and O–H groups in total. The summed E-state index contributed by atoms with van der Waals surface area (Å²) in [6, 6.07) is 18.6. The predicted octanol–water partition coefficient (Wildman–Crippen LogP) is 4.56. The minimum absolute atomic E-state index is 0.0949. The maximum Gasteiger partial charge on any atom is 0.509 e. The number of alkyl carbamates (subject to hydrolysis) is 1. The van der Waals surface area contributed by atoms with E-state index in [2.05, 4.69) is 5.32 Å². The molecule has 31 heavy (non-hydrogen) atoms. The lowest BCUT2D eigenvalue weighted by atomic mass is 10.1. The second-order valence-electron chi connectivity index (χ2n) is 6.78. The van der Waals surface area contributed by atoms with Gasteiger partial charge >= 0.3 is 12.2 Å². The van der Waals surface area contributed by atoms with Crippen molar-refractivity contribution in [2.24, 2.45) is 0 Å². The third-order valence-electron chi connectivity index (χ3n) is 4.14. The Morgan fingerprint density at radius 1 is 0.903 bits per heavy atom. The zero-order valence-electron chi connectivity index (χ0n) is 17.5. The van der Waals surface area contributed by atoms with Crippen LogP contribution in [0.4, 0.5) is 9.59 Å². The number of benzene rings is 2. The molecule has 0 aliphatic heterocycles. The van der Waals surface area contributed by atoms with E-state index in [1.807, 2.05) is 60.7 Å². The van der Waals surface area contributed by atoms with Gasteiger partial charge in [0.25, 0.3) is 0 Å². The van der Waals surface area contributed by atoms with E-state index in [0.29, 0.717) is 19.4 Å². The van der Waals surface area contributed by atoms with E-state index >= 15 is 0 Å². The van der Waals surface area contributed by atoms with Gasteiger partial charge in [0, 0.05) is 6.54 Å². The Hall–Kier alpha value is -3.61. The van der Waals surface area contributed by atoms with E-state index in [0.717, 1.165) is 11.1 Å². The molecule has 0 aliphatic rings. The van der Waals surface area contributed by atoms with Crippen LogP contribution < -0.4 is 5.32 Å². The van der Waals surface area contributed by atoms with Crippen LogP contribution in [0, 0.1) is 0 Å². The summed E-state index contributed by atoms with van der Waals surface area (Å²) in [5.41, 5.74) is 1.74. The Morgan fingerprint density at radius 3 is 2.06 bits per heavy atom. The van der Waals surface area contributed by atoms with Gasteiger partial charge in [0.1, 0.15) is 19.3 Å². The lowest BCUT2D eigenvalue weighted by Gasteiger charge is -2.14. The Labute approximate surface area is 182 Å². The monoisotopic (exact) mass is 425 g/mol. The highest BCUT2D eigenvalue weighted by Gasteiger charge is 2.14. The third-order valence-corrected chi connectivity index (χ3v) is 4.14. The highest BCUT2D eigenvalue weighted by atomic mass is 16.7. The maximum absolute atomic E-state index is 12.0. The molecule has 0 radical (unpaired) electrons. The van der Waals surface area contributed by atoms with Gasteiger partial charge in [0.2, 0.25) is 0 Å². The summed E-state index contributed by atoms with van der Waals surface area (Å²) in [5, 5.41) is 2.65. The Bertz CT molecular complexity index is 851. The lowest BCUT2D eigenvalue weighted by molar-refractivity contribution is -0.112. The molecule has 1 amide bonds. The molecule has 0 heterocycles. The fourth-order valence-corrected chi connectivity index (χ4v) is 2.58. The number of hydrogen-bond acceptors (Lipinski definition) is 6. The van der Waals surface area contributed by atoms with Crippen molar-refractivity contribution in [2.75, 3.05) is 6.54 Å². The van der Waals surface area contributed by atoms with Crippen LogP contribution in [0.1, 0.15) is 30.9 Å². The van der Waals surface area contributed by atoms with Crippen LogP contribution in [0.2, 0.25) is 0 Å². The maximum atomic E-state index is 12.0. The first kappa shape index (κ1) is 23.7. The van der Waals surface area contributed by atoms with Crippen molar-refractivity contribution < 1.29 is 28.6 Å². The van der Waals surface area contributed by atoms with Crippen molar-refractivity contribution in [1.29, 1.82) is 0 Å². The van der Waals surface area contributed by atoms with E-state index in [-0.39, 0.29) is 19.0 Å². The van der Waals surface area contributed by atoms with E-state index in [1.54, 1.807) is 0 Å². The molecular weight excluding hydrogens is 398 g/mol. The van der Waals surface area contributed by atoms with E-state index in [1.165, 1.54) is 19.1 Å². The van der Waals surface area contributed by atoms with Crippen molar-refractivity contribution in [2.45, 2.75) is 39.1 Å². The van der Waals surface area contributed by atoms with Crippen LogP contribution in [0.3, 0.4) is 0 Å². The summed E-state index contributed by atoms with van der Waals surface area (Å²) in [4.78, 5) is 35.0. The summed E-state index contributed by atoms with van der Waals surface area (Å²) >= 11 is 0. The predicted molar refractivity (Wildman–Crippen MR) is 115 cm³/mol. The first-order valence-electron chi connectivity index (χ1n) is 10.0. The van der Waals surface area contributed by atoms with Gasteiger partial charge in [-0.05, 0) is 43.0 Å². The average molecular weight is 425 g/mol. The van der Waals surface area contributed by atoms with Gasteiger partial charge in [0.05, 0.1) is 0 Å². The average Bonchev–Trinajstić information content (AvgIpc) is 2.78. The molecule has 2 rings (SSSR count). The van der Waals surface area contributed by atoms with Gasteiger partial charge in [-0.2, -0.15) is 0 Å². The largest absolute Gasteiger partial charge is 0.509 e. The summed E-state index contributed by atoms with van der Waals surface area (Å²) in [5.74, 6) is -0.158. The summed E-state index contributed by atoms with van der Waals surface area (Å²) in [7, 11) is 0.